The van der Waals surface area contributed by atoms with Crippen LogP contribution in [0.4, 0.5) is 0 Å². The lowest BCUT2D eigenvalue weighted by Gasteiger charge is -2.02. The third-order valence-electron chi connectivity index (χ3n) is 2.43. The van der Waals surface area contributed by atoms with Crippen LogP contribution < -0.4 is 0 Å². The number of ketones is 1. The van der Waals surface area contributed by atoms with Crippen LogP contribution in [0.15, 0.2) is 29.2 Å². The summed E-state index contributed by atoms with van der Waals surface area (Å²) in [5.74, 6) is 0.269. The molecular weight excluding hydrogens is 284 g/mol. The molecule has 1 nitrogen and oxygen atoms in total. The van der Waals surface area contributed by atoms with Crippen molar-refractivity contribution in [1.82, 2.24) is 0 Å². The largest absolute Gasteiger partial charge is 0.294 e. The zero-order valence-electron chi connectivity index (χ0n) is 9.54. The molecule has 0 aliphatic carbocycles. The van der Waals surface area contributed by atoms with E-state index in [9.17, 15) is 4.79 Å². The van der Waals surface area contributed by atoms with Crippen molar-refractivity contribution in [2.75, 3.05) is 11.6 Å². The van der Waals surface area contributed by atoms with E-state index in [2.05, 4.69) is 15.9 Å². The first-order chi connectivity index (χ1) is 7.77. The molecular formula is C13H17BrOS. The fraction of sp³-hybridized carbons (Fsp3) is 0.462. The van der Waals surface area contributed by atoms with E-state index in [1.165, 1.54) is 0 Å². The van der Waals surface area contributed by atoms with E-state index in [-0.39, 0.29) is 5.78 Å². The van der Waals surface area contributed by atoms with Gasteiger partial charge in [-0.15, -0.1) is 11.8 Å². The van der Waals surface area contributed by atoms with E-state index in [0.717, 1.165) is 35.1 Å². The van der Waals surface area contributed by atoms with Gasteiger partial charge in [0.05, 0.1) is 0 Å². The second-order valence-corrected chi connectivity index (χ2v) is 5.33. The molecule has 0 aromatic heterocycles. The fourth-order valence-corrected chi connectivity index (χ4v) is 2.35. The number of carbonyl (C=O) groups is 1. The molecule has 16 heavy (non-hydrogen) atoms. The first kappa shape index (κ1) is 13.8. The molecule has 0 aliphatic heterocycles. The minimum absolute atomic E-state index is 0.269. The summed E-state index contributed by atoms with van der Waals surface area (Å²) in [5.41, 5.74) is 0.852. The van der Waals surface area contributed by atoms with Crippen LogP contribution in [0.1, 0.15) is 36.0 Å². The van der Waals surface area contributed by atoms with Crippen molar-refractivity contribution >= 4 is 33.5 Å². The zero-order chi connectivity index (χ0) is 11.8. The summed E-state index contributed by atoms with van der Waals surface area (Å²) >= 11 is 5.07. The van der Waals surface area contributed by atoms with Crippen LogP contribution in [0.25, 0.3) is 0 Å². The van der Waals surface area contributed by atoms with Gasteiger partial charge in [0, 0.05) is 22.2 Å². The number of thioether (sulfide) groups is 1. The van der Waals surface area contributed by atoms with Crippen LogP contribution in [-0.2, 0) is 0 Å². The number of rotatable bonds is 7. The van der Waals surface area contributed by atoms with Gasteiger partial charge in [-0.05, 0) is 31.2 Å². The van der Waals surface area contributed by atoms with Gasteiger partial charge in [-0.2, -0.15) is 0 Å². The Hall–Kier alpha value is -0.280. The van der Waals surface area contributed by atoms with Crippen molar-refractivity contribution in [3.63, 3.8) is 0 Å². The average molecular weight is 301 g/mol. The molecule has 0 N–H and O–H groups in total. The highest BCUT2D eigenvalue weighted by atomic mass is 79.9. The smallest absolute Gasteiger partial charge is 0.162 e. The highest BCUT2D eigenvalue weighted by Crippen LogP contribution is 2.17. The van der Waals surface area contributed by atoms with E-state index in [0.29, 0.717) is 6.42 Å². The molecule has 0 saturated heterocycles. The minimum atomic E-state index is 0.269. The summed E-state index contributed by atoms with van der Waals surface area (Å²) in [4.78, 5) is 13.0. The Bertz CT molecular complexity index is 338. The van der Waals surface area contributed by atoms with Gasteiger partial charge in [-0.3, -0.25) is 4.79 Å². The van der Waals surface area contributed by atoms with Crippen molar-refractivity contribution in [2.24, 2.45) is 0 Å². The summed E-state index contributed by atoms with van der Waals surface area (Å²) in [7, 11) is 0. The second kappa shape index (κ2) is 7.91. The quantitative estimate of drug-likeness (QED) is 0.318. The van der Waals surface area contributed by atoms with Crippen LogP contribution >= 0.6 is 27.7 Å². The number of alkyl halides is 1. The number of carbonyl (C=O) groups excluding carboxylic acids is 1. The van der Waals surface area contributed by atoms with Crippen LogP contribution in [0.2, 0.25) is 0 Å². The maximum atomic E-state index is 11.9. The Morgan fingerprint density at radius 1 is 1.31 bits per heavy atom. The molecule has 3 heteroatoms. The van der Waals surface area contributed by atoms with Crippen LogP contribution in [0, 0.1) is 0 Å². The molecule has 0 saturated carbocycles. The maximum Gasteiger partial charge on any atom is 0.162 e. The van der Waals surface area contributed by atoms with E-state index >= 15 is 0 Å². The molecule has 1 aromatic carbocycles. The molecule has 0 heterocycles. The number of halogens is 1. The molecule has 0 atom stereocenters. The topological polar surface area (TPSA) is 17.1 Å². The number of Topliss-reactive ketones (excluding diaryl/α,β-unsaturated/α-hetero) is 1. The Balaban J connectivity index is 2.46. The van der Waals surface area contributed by atoms with Gasteiger partial charge in [0.1, 0.15) is 0 Å². The first-order valence-corrected chi connectivity index (χ1v) is 7.85. The lowest BCUT2D eigenvalue weighted by atomic mass is 10.1. The van der Waals surface area contributed by atoms with Crippen molar-refractivity contribution in [3.05, 3.63) is 29.8 Å². The van der Waals surface area contributed by atoms with Crippen molar-refractivity contribution in [2.45, 2.75) is 30.6 Å². The monoisotopic (exact) mass is 300 g/mol. The predicted molar refractivity (Wildman–Crippen MR) is 74.8 cm³/mol. The van der Waals surface area contributed by atoms with E-state index in [1.807, 2.05) is 30.5 Å². The van der Waals surface area contributed by atoms with E-state index in [4.69, 9.17) is 0 Å². The minimum Gasteiger partial charge on any atom is -0.294 e. The summed E-state index contributed by atoms with van der Waals surface area (Å²) in [5, 5.41) is 1.03. The number of benzene rings is 1. The van der Waals surface area contributed by atoms with Crippen LogP contribution in [0.5, 0.6) is 0 Å². The van der Waals surface area contributed by atoms with Gasteiger partial charge in [-0.1, -0.05) is 34.5 Å². The third kappa shape index (κ3) is 4.71. The lowest BCUT2D eigenvalue weighted by molar-refractivity contribution is 0.0979. The van der Waals surface area contributed by atoms with Gasteiger partial charge >= 0.3 is 0 Å². The average Bonchev–Trinajstić information content (AvgIpc) is 2.34. The third-order valence-corrected chi connectivity index (χ3v) is 3.72. The standard InChI is InChI=1S/C13H17BrOS/c1-16-12-7-5-6-11(10-12)13(15)8-3-2-4-9-14/h5-7,10H,2-4,8-9H2,1H3. The molecule has 1 aromatic rings. The first-order valence-electron chi connectivity index (χ1n) is 5.51. The lowest BCUT2D eigenvalue weighted by Crippen LogP contribution is -1.98. The molecule has 0 bridgehead atoms. The van der Waals surface area contributed by atoms with Gasteiger partial charge in [0.2, 0.25) is 0 Å². The Morgan fingerprint density at radius 3 is 2.81 bits per heavy atom. The van der Waals surface area contributed by atoms with Gasteiger partial charge in [-0.25, -0.2) is 0 Å². The zero-order valence-corrected chi connectivity index (χ0v) is 11.9. The molecule has 0 aliphatic rings. The second-order valence-electron chi connectivity index (χ2n) is 3.65. The summed E-state index contributed by atoms with van der Waals surface area (Å²) in [6, 6.07) is 7.88. The van der Waals surface area contributed by atoms with Crippen molar-refractivity contribution in [1.29, 1.82) is 0 Å². The van der Waals surface area contributed by atoms with E-state index in [1.54, 1.807) is 11.8 Å². The van der Waals surface area contributed by atoms with Crippen molar-refractivity contribution in [3.8, 4) is 0 Å². The summed E-state index contributed by atoms with van der Waals surface area (Å²) in [6.07, 6.45) is 5.97. The van der Waals surface area contributed by atoms with Gasteiger partial charge < -0.3 is 0 Å². The number of hydrogen-bond donors (Lipinski definition) is 0. The van der Waals surface area contributed by atoms with E-state index < -0.39 is 0 Å². The predicted octanol–water partition coefficient (Wildman–Crippen LogP) is 4.55. The molecule has 0 unspecified atom stereocenters. The molecule has 88 valence electrons. The Morgan fingerprint density at radius 2 is 2.12 bits per heavy atom. The maximum absolute atomic E-state index is 11.9. The molecule has 0 spiro atoms. The van der Waals surface area contributed by atoms with Gasteiger partial charge in [0.15, 0.2) is 5.78 Å². The SMILES string of the molecule is CSc1cccc(C(=O)CCCCCBr)c1. The fourth-order valence-electron chi connectivity index (χ4n) is 1.50. The molecule has 0 fully saturated rings. The normalized spacial score (nSPS) is 10.4. The number of unbranched alkanes of at least 4 members (excludes halogenated alkanes) is 2. The molecule has 0 amide bonds. The Kier molecular flexibility index (Phi) is 6.81. The highest BCUT2D eigenvalue weighted by molar-refractivity contribution is 9.09. The van der Waals surface area contributed by atoms with Crippen molar-refractivity contribution < 1.29 is 4.79 Å². The van der Waals surface area contributed by atoms with Crippen LogP contribution in [-0.4, -0.2) is 17.4 Å². The summed E-state index contributed by atoms with van der Waals surface area (Å²) < 4.78 is 0. The summed E-state index contributed by atoms with van der Waals surface area (Å²) in [6.45, 7) is 0. The number of hydrogen-bond acceptors (Lipinski definition) is 2. The Labute approximate surface area is 110 Å². The van der Waals surface area contributed by atoms with Gasteiger partial charge in [0.25, 0.3) is 0 Å². The van der Waals surface area contributed by atoms with Crippen LogP contribution in [0.3, 0.4) is 0 Å². The molecule has 1 rings (SSSR count). The highest BCUT2D eigenvalue weighted by Gasteiger charge is 2.05. The molecule has 0 radical (unpaired) electrons.